The SMILES string of the molecule is CSNC(=Nc1csc(S(=O)(=O)N(C)C(C)(C)C)c1O)C(N)=N[C@@H](c1ccco1)C(C)(C)C. The molecule has 4 N–H and O–H groups in total. The Bertz CT molecular complexity index is 1110. The summed E-state index contributed by atoms with van der Waals surface area (Å²) in [5.41, 5.74) is 5.43. The first-order chi connectivity index (χ1) is 15.1. The molecule has 2 rings (SSSR count). The van der Waals surface area contributed by atoms with E-state index < -0.39 is 21.3 Å². The van der Waals surface area contributed by atoms with Gasteiger partial charge in [0.15, 0.2) is 21.6 Å². The Hall–Kier alpha value is -2.02. The Morgan fingerprint density at radius 1 is 1.30 bits per heavy atom. The van der Waals surface area contributed by atoms with Crippen LogP contribution in [0.1, 0.15) is 53.3 Å². The predicted molar refractivity (Wildman–Crippen MR) is 137 cm³/mol. The number of hydrogen-bond acceptors (Lipinski definition) is 8. The van der Waals surface area contributed by atoms with E-state index in [2.05, 4.69) is 14.7 Å². The number of furan rings is 1. The number of sulfonamides is 1. The zero-order chi connectivity index (χ0) is 25.2. The summed E-state index contributed by atoms with van der Waals surface area (Å²) in [6, 6.07) is 3.24. The standard InChI is InChI=1S/C21H33N5O4S3/c1-20(2,3)16(14-10-9-11-30-14)24-17(22)18(25-31-8)23-13-12-32-19(15(13)27)33(28,29)26(7)21(4,5)6/h9-12,16,27H,1-8H3,(H2,22,24)(H,23,25)/t16-/m0/s1. The zero-order valence-electron chi connectivity index (χ0n) is 20.2. The fourth-order valence-electron chi connectivity index (χ4n) is 2.75. The predicted octanol–water partition coefficient (Wildman–Crippen LogP) is 4.51. The van der Waals surface area contributed by atoms with Gasteiger partial charge in [-0.1, -0.05) is 32.7 Å². The molecular weight excluding hydrogens is 482 g/mol. The molecule has 2 aromatic rings. The molecule has 0 saturated carbocycles. The Morgan fingerprint density at radius 3 is 2.42 bits per heavy atom. The minimum atomic E-state index is -3.91. The first-order valence-electron chi connectivity index (χ1n) is 10.1. The summed E-state index contributed by atoms with van der Waals surface area (Å²) < 4.78 is 35.5. The molecule has 12 heteroatoms. The average molecular weight is 516 g/mol. The highest BCUT2D eigenvalue weighted by molar-refractivity contribution is 7.97. The first kappa shape index (κ1) is 27.2. The Kier molecular flexibility index (Phi) is 8.32. The van der Waals surface area contributed by atoms with Gasteiger partial charge in [-0.25, -0.2) is 13.4 Å². The van der Waals surface area contributed by atoms with Crippen molar-refractivity contribution in [2.45, 2.75) is 57.3 Å². The lowest BCUT2D eigenvalue weighted by Gasteiger charge is -2.30. The fourth-order valence-corrected chi connectivity index (χ4v) is 5.98. The quantitative estimate of drug-likeness (QED) is 0.293. The van der Waals surface area contributed by atoms with E-state index in [0.717, 1.165) is 11.3 Å². The minimum Gasteiger partial charge on any atom is -0.504 e. The van der Waals surface area contributed by atoms with E-state index in [4.69, 9.17) is 10.2 Å². The van der Waals surface area contributed by atoms with Crippen LogP contribution in [-0.4, -0.2) is 48.3 Å². The van der Waals surface area contributed by atoms with Crippen molar-refractivity contribution in [3.05, 3.63) is 29.5 Å². The van der Waals surface area contributed by atoms with E-state index in [1.807, 2.05) is 26.8 Å². The topological polar surface area (TPSA) is 134 Å². The van der Waals surface area contributed by atoms with Gasteiger partial charge in [-0.3, -0.25) is 4.99 Å². The summed E-state index contributed by atoms with van der Waals surface area (Å²) in [5, 5.41) is 12.2. The Labute approximate surface area is 204 Å². The molecule has 0 radical (unpaired) electrons. The normalized spacial score (nSPS) is 15.2. The summed E-state index contributed by atoms with van der Waals surface area (Å²) in [6.07, 6.45) is 3.37. The van der Waals surface area contributed by atoms with Gasteiger partial charge in [0, 0.05) is 24.2 Å². The van der Waals surface area contributed by atoms with Crippen molar-refractivity contribution < 1.29 is 17.9 Å². The van der Waals surface area contributed by atoms with Crippen LogP contribution in [0.15, 0.2) is 42.4 Å². The number of aromatic hydroxyl groups is 1. The van der Waals surface area contributed by atoms with Gasteiger partial charge in [0.1, 0.15) is 17.5 Å². The molecule has 0 spiro atoms. The molecule has 33 heavy (non-hydrogen) atoms. The van der Waals surface area contributed by atoms with Crippen molar-refractivity contribution >= 4 is 50.7 Å². The average Bonchev–Trinajstić information content (AvgIpc) is 3.34. The fraction of sp³-hybridized carbons (Fsp3) is 0.524. The van der Waals surface area contributed by atoms with Crippen LogP contribution in [0.25, 0.3) is 0 Å². The van der Waals surface area contributed by atoms with Crippen molar-refractivity contribution in [3.63, 3.8) is 0 Å². The summed E-state index contributed by atoms with van der Waals surface area (Å²) in [5.74, 6) is 0.528. The molecule has 0 saturated heterocycles. The smallest absolute Gasteiger partial charge is 0.256 e. The molecule has 1 atom stereocenters. The van der Waals surface area contributed by atoms with Gasteiger partial charge < -0.3 is 20.0 Å². The van der Waals surface area contributed by atoms with Crippen LogP contribution < -0.4 is 10.5 Å². The summed E-state index contributed by atoms with van der Waals surface area (Å²) in [4.78, 5) is 9.04. The van der Waals surface area contributed by atoms with Gasteiger partial charge in [0.05, 0.1) is 6.26 Å². The third-order valence-corrected chi connectivity index (χ3v) is 8.83. The third kappa shape index (κ3) is 6.31. The maximum Gasteiger partial charge on any atom is 0.256 e. The van der Waals surface area contributed by atoms with Crippen molar-refractivity contribution in [1.29, 1.82) is 0 Å². The summed E-state index contributed by atoms with van der Waals surface area (Å²) in [7, 11) is -2.43. The molecule has 0 aliphatic heterocycles. The van der Waals surface area contributed by atoms with Crippen LogP contribution in [0.3, 0.4) is 0 Å². The highest BCUT2D eigenvalue weighted by atomic mass is 32.2. The lowest BCUT2D eigenvalue weighted by Crippen LogP contribution is -2.42. The van der Waals surface area contributed by atoms with E-state index in [1.54, 1.807) is 39.4 Å². The number of rotatable bonds is 6. The van der Waals surface area contributed by atoms with Crippen LogP contribution in [0.2, 0.25) is 0 Å². The van der Waals surface area contributed by atoms with Crippen molar-refractivity contribution in [2.24, 2.45) is 21.1 Å². The van der Waals surface area contributed by atoms with Crippen LogP contribution in [0.5, 0.6) is 5.75 Å². The Balaban J connectivity index is 2.51. The largest absolute Gasteiger partial charge is 0.504 e. The number of nitrogens with two attached hydrogens (primary N) is 1. The molecule has 9 nitrogen and oxygen atoms in total. The van der Waals surface area contributed by atoms with Gasteiger partial charge in [-0.2, -0.15) is 4.31 Å². The first-order valence-corrected chi connectivity index (χ1v) is 13.7. The second-order valence-electron chi connectivity index (χ2n) is 9.47. The molecule has 0 aliphatic rings. The number of nitrogens with one attached hydrogen (secondary N) is 1. The molecule has 2 aromatic heterocycles. The van der Waals surface area contributed by atoms with Crippen LogP contribution in [0, 0.1) is 5.41 Å². The molecule has 0 amide bonds. The van der Waals surface area contributed by atoms with Crippen LogP contribution >= 0.6 is 23.3 Å². The molecule has 0 bridgehead atoms. The molecular formula is C21H33N5O4S3. The third-order valence-electron chi connectivity index (χ3n) is 4.83. The molecule has 2 heterocycles. The lowest BCUT2D eigenvalue weighted by atomic mass is 9.85. The molecule has 184 valence electrons. The highest BCUT2D eigenvalue weighted by Gasteiger charge is 2.34. The van der Waals surface area contributed by atoms with Crippen LogP contribution in [0.4, 0.5) is 5.69 Å². The van der Waals surface area contributed by atoms with E-state index in [0.29, 0.717) is 5.76 Å². The van der Waals surface area contributed by atoms with Gasteiger partial charge in [-0.15, -0.1) is 11.3 Å². The highest BCUT2D eigenvalue weighted by Crippen LogP contribution is 2.42. The van der Waals surface area contributed by atoms with Gasteiger partial charge >= 0.3 is 0 Å². The molecule has 0 aromatic carbocycles. The monoisotopic (exact) mass is 515 g/mol. The maximum absolute atomic E-state index is 13.0. The number of aliphatic imine (C=N–C) groups is 2. The maximum atomic E-state index is 13.0. The molecule has 0 aliphatic carbocycles. The number of hydrogen-bond donors (Lipinski definition) is 3. The number of amidine groups is 2. The van der Waals surface area contributed by atoms with E-state index in [-0.39, 0.29) is 33.0 Å². The van der Waals surface area contributed by atoms with E-state index in [1.165, 1.54) is 28.7 Å². The zero-order valence-corrected chi connectivity index (χ0v) is 22.7. The second kappa shape index (κ2) is 10.1. The van der Waals surface area contributed by atoms with Gasteiger partial charge in [0.2, 0.25) is 0 Å². The van der Waals surface area contributed by atoms with Crippen molar-refractivity contribution in [2.75, 3.05) is 13.3 Å². The Morgan fingerprint density at radius 2 is 1.94 bits per heavy atom. The van der Waals surface area contributed by atoms with Gasteiger partial charge in [-0.05, 0) is 38.3 Å². The summed E-state index contributed by atoms with van der Waals surface area (Å²) in [6.45, 7) is 11.4. The molecule has 0 unspecified atom stereocenters. The van der Waals surface area contributed by atoms with Crippen molar-refractivity contribution in [1.82, 2.24) is 9.03 Å². The molecule has 0 fully saturated rings. The van der Waals surface area contributed by atoms with Gasteiger partial charge in [0.25, 0.3) is 10.0 Å². The van der Waals surface area contributed by atoms with Crippen LogP contribution in [-0.2, 0) is 10.0 Å². The number of nitrogens with zero attached hydrogens (tertiary/aromatic N) is 3. The summed E-state index contributed by atoms with van der Waals surface area (Å²) >= 11 is 2.14. The lowest BCUT2D eigenvalue weighted by molar-refractivity contribution is 0.287. The minimum absolute atomic E-state index is 0.0842. The van der Waals surface area contributed by atoms with Crippen molar-refractivity contribution in [3.8, 4) is 5.75 Å². The van der Waals surface area contributed by atoms with E-state index in [9.17, 15) is 13.5 Å². The second-order valence-corrected chi connectivity index (χ2v) is 13.1. The number of thiophene rings is 1. The van der Waals surface area contributed by atoms with E-state index >= 15 is 0 Å².